The summed E-state index contributed by atoms with van der Waals surface area (Å²) in [6.45, 7) is 4.19. The summed E-state index contributed by atoms with van der Waals surface area (Å²) in [5.74, 6) is 0. The lowest BCUT2D eigenvalue weighted by Crippen LogP contribution is -2.46. The van der Waals surface area contributed by atoms with Crippen LogP contribution in [-0.4, -0.2) is 18.6 Å². The predicted octanol–water partition coefficient (Wildman–Crippen LogP) is 0.867. The van der Waals surface area contributed by atoms with Gasteiger partial charge in [0.25, 0.3) is 0 Å². The fourth-order valence-electron chi connectivity index (χ4n) is 1.84. The van der Waals surface area contributed by atoms with Gasteiger partial charge in [-0.05, 0) is 25.8 Å². The van der Waals surface area contributed by atoms with Crippen LogP contribution in [0.3, 0.4) is 0 Å². The minimum atomic E-state index is 0.314. The Balaban J connectivity index is 2.41. The third-order valence-corrected chi connectivity index (χ3v) is 2.45. The van der Waals surface area contributed by atoms with Crippen LogP contribution in [0.5, 0.6) is 0 Å². The van der Waals surface area contributed by atoms with Gasteiger partial charge in [-0.3, -0.25) is 0 Å². The van der Waals surface area contributed by atoms with Crippen molar-refractivity contribution in [2.45, 2.75) is 38.1 Å². The fraction of sp³-hybridized carbons (Fsp3) is 1.00. The Hall–Kier alpha value is -0.0800. The van der Waals surface area contributed by atoms with Crippen LogP contribution in [-0.2, 0) is 0 Å². The molecule has 3 N–H and O–H groups in total. The molecule has 0 aromatic heterocycles. The summed E-state index contributed by atoms with van der Waals surface area (Å²) in [5, 5.41) is 3.50. The molecule has 0 aromatic rings. The Bertz CT molecular complexity index is 95.4. The lowest BCUT2D eigenvalue weighted by atomic mass is 9.92. The lowest BCUT2D eigenvalue weighted by molar-refractivity contribution is 0.354. The first-order valence-corrected chi connectivity index (χ1v) is 4.28. The van der Waals surface area contributed by atoms with Crippen LogP contribution < -0.4 is 11.1 Å². The van der Waals surface area contributed by atoms with Crippen LogP contribution >= 0.6 is 0 Å². The van der Waals surface area contributed by atoms with Crippen LogP contribution in [0.25, 0.3) is 0 Å². The molecule has 1 unspecified atom stereocenters. The van der Waals surface area contributed by atoms with Crippen molar-refractivity contribution in [3.05, 3.63) is 0 Å². The van der Waals surface area contributed by atoms with E-state index in [4.69, 9.17) is 5.73 Å². The molecule has 0 saturated carbocycles. The summed E-state index contributed by atoms with van der Waals surface area (Å²) >= 11 is 0. The average Bonchev–Trinajstić information content (AvgIpc) is 2.39. The SMILES string of the molecule is CCCC1(CN)CCCN1. The van der Waals surface area contributed by atoms with Gasteiger partial charge in [0.05, 0.1) is 0 Å². The summed E-state index contributed by atoms with van der Waals surface area (Å²) in [7, 11) is 0. The van der Waals surface area contributed by atoms with E-state index in [1.54, 1.807) is 0 Å². The largest absolute Gasteiger partial charge is 0.329 e. The summed E-state index contributed by atoms with van der Waals surface area (Å²) in [5.41, 5.74) is 6.01. The average molecular weight is 142 g/mol. The zero-order chi connectivity index (χ0) is 7.45. The molecule has 1 saturated heterocycles. The first kappa shape index (κ1) is 8.02. The summed E-state index contributed by atoms with van der Waals surface area (Å²) in [6.07, 6.45) is 5.06. The van der Waals surface area contributed by atoms with E-state index in [1.165, 1.54) is 25.7 Å². The minimum absolute atomic E-state index is 0.314. The zero-order valence-electron chi connectivity index (χ0n) is 6.82. The first-order valence-electron chi connectivity index (χ1n) is 4.28. The standard InChI is InChI=1S/C8H18N2/c1-2-4-8(7-9)5-3-6-10-8/h10H,2-7,9H2,1H3. The molecule has 0 spiro atoms. The molecule has 1 atom stereocenters. The number of hydrogen-bond donors (Lipinski definition) is 2. The Morgan fingerprint density at radius 3 is 2.80 bits per heavy atom. The van der Waals surface area contributed by atoms with E-state index in [0.29, 0.717) is 5.54 Å². The molecular formula is C8H18N2. The normalized spacial score (nSPS) is 33.0. The molecule has 2 nitrogen and oxygen atoms in total. The maximum atomic E-state index is 5.69. The van der Waals surface area contributed by atoms with Crippen molar-refractivity contribution in [1.82, 2.24) is 5.32 Å². The summed E-state index contributed by atoms with van der Waals surface area (Å²) in [6, 6.07) is 0. The first-order chi connectivity index (χ1) is 4.83. The molecule has 1 rings (SSSR count). The van der Waals surface area contributed by atoms with E-state index in [9.17, 15) is 0 Å². The van der Waals surface area contributed by atoms with Crippen molar-refractivity contribution < 1.29 is 0 Å². The quantitative estimate of drug-likeness (QED) is 0.613. The van der Waals surface area contributed by atoms with E-state index in [1.807, 2.05) is 0 Å². The molecule has 0 amide bonds. The lowest BCUT2D eigenvalue weighted by Gasteiger charge is -2.27. The van der Waals surface area contributed by atoms with Crippen molar-refractivity contribution in [2.24, 2.45) is 5.73 Å². The molecule has 10 heavy (non-hydrogen) atoms. The Morgan fingerprint density at radius 2 is 2.40 bits per heavy atom. The van der Waals surface area contributed by atoms with Crippen molar-refractivity contribution in [3.63, 3.8) is 0 Å². The molecule has 0 bridgehead atoms. The Kier molecular flexibility index (Phi) is 2.69. The topological polar surface area (TPSA) is 38.0 Å². The van der Waals surface area contributed by atoms with Crippen molar-refractivity contribution in [3.8, 4) is 0 Å². The maximum absolute atomic E-state index is 5.69. The molecule has 1 aliphatic rings. The van der Waals surface area contributed by atoms with Gasteiger partial charge in [-0.2, -0.15) is 0 Å². The molecule has 1 aliphatic heterocycles. The van der Waals surface area contributed by atoms with Gasteiger partial charge < -0.3 is 11.1 Å². The molecule has 0 aromatic carbocycles. The third-order valence-electron chi connectivity index (χ3n) is 2.45. The van der Waals surface area contributed by atoms with Crippen molar-refractivity contribution in [2.75, 3.05) is 13.1 Å². The second-order valence-corrected chi connectivity index (χ2v) is 3.26. The summed E-state index contributed by atoms with van der Waals surface area (Å²) in [4.78, 5) is 0. The van der Waals surface area contributed by atoms with E-state index in [-0.39, 0.29) is 0 Å². The molecule has 60 valence electrons. The molecule has 1 heterocycles. The highest BCUT2D eigenvalue weighted by Crippen LogP contribution is 2.22. The highest BCUT2D eigenvalue weighted by molar-refractivity contribution is 4.93. The predicted molar refractivity (Wildman–Crippen MR) is 43.9 cm³/mol. The number of rotatable bonds is 3. The molecule has 1 fully saturated rings. The molecule has 0 aliphatic carbocycles. The van der Waals surface area contributed by atoms with Crippen molar-refractivity contribution >= 4 is 0 Å². The minimum Gasteiger partial charge on any atom is -0.329 e. The van der Waals surface area contributed by atoms with Gasteiger partial charge in [0.15, 0.2) is 0 Å². The van der Waals surface area contributed by atoms with Gasteiger partial charge >= 0.3 is 0 Å². The smallest absolute Gasteiger partial charge is 0.0304 e. The highest BCUT2D eigenvalue weighted by atomic mass is 15.0. The van der Waals surface area contributed by atoms with Crippen LogP contribution in [0.4, 0.5) is 0 Å². The van der Waals surface area contributed by atoms with Crippen LogP contribution in [0, 0.1) is 0 Å². The number of nitrogens with one attached hydrogen (secondary N) is 1. The van der Waals surface area contributed by atoms with Crippen LogP contribution in [0.15, 0.2) is 0 Å². The maximum Gasteiger partial charge on any atom is 0.0304 e. The Morgan fingerprint density at radius 1 is 1.60 bits per heavy atom. The molecule has 2 heteroatoms. The monoisotopic (exact) mass is 142 g/mol. The molecular weight excluding hydrogens is 124 g/mol. The van der Waals surface area contributed by atoms with Gasteiger partial charge in [0.2, 0.25) is 0 Å². The van der Waals surface area contributed by atoms with Gasteiger partial charge in [0, 0.05) is 12.1 Å². The van der Waals surface area contributed by atoms with Gasteiger partial charge in [-0.15, -0.1) is 0 Å². The zero-order valence-corrected chi connectivity index (χ0v) is 6.82. The van der Waals surface area contributed by atoms with Gasteiger partial charge in [-0.25, -0.2) is 0 Å². The Labute approximate surface area is 63.2 Å². The van der Waals surface area contributed by atoms with Crippen LogP contribution in [0.2, 0.25) is 0 Å². The third kappa shape index (κ3) is 1.50. The summed E-state index contributed by atoms with van der Waals surface area (Å²) < 4.78 is 0. The fourth-order valence-corrected chi connectivity index (χ4v) is 1.84. The number of hydrogen-bond acceptors (Lipinski definition) is 2. The van der Waals surface area contributed by atoms with E-state index >= 15 is 0 Å². The van der Waals surface area contributed by atoms with E-state index < -0.39 is 0 Å². The second-order valence-electron chi connectivity index (χ2n) is 3.26. The van der Waals surface area contributed by atoms with E-state index in [0.717, 1.165) is 13.1 Å². The van der Waals surface area contributed by atoms with Gasteiger partial charge in [-0.1, -0.05) is 13.3 Å². The van der Waals surface area contributed by atoms with Crippen LogP contribution in [0.1, 0.15) is 32.6 Å². The van der Waals surface area contributed by atoms with Crippen molar-refractivity contribution in [1.29, 1.82) is 0 Å². The number of nitrogens with two attached hydrogens (primary N) is 1. The highest BCUT2D eigenvalue weighted by Gasteiger charge is 2.30. The molecule has 0 radical (unpaired) electrons. The second kappa shape index (κ2) is 3.35. The van der Waals surface area contributed by atoms with E-state index in [2.05, 4.69) is 12.2 Å². The van der Waals surface area contributed by atoms with Gasteiger partial charge in [0.1, 0.15) is 0 Å².